The van der Waals surface area contributed by atoms with Gasteiger partial charge in [0, 0.05) is 0 Å². The van der Waals surface area contributed by atoms with E-state index in [4.69, 9.17) is 5.11 Å². The van der Waals surface area contributed by atoms with Crippen LogP contribution in [0, 0.1) is 0 Å². The normalized spacial score (nSPS) is 9.55. The smallest absolute Gasteiger partial charge is 0.357 e. The number of halogens is 1. The van der Waals surface area contributed by atoms with Crippen molar-refractivity contribution in [3.05, 3.63) is 15.9 Å². The van der Waals surface area contributed by atoms with Crippen LogP contribution in [0.5, 0.6) is 0 Å². The van der Waals surface area contributed by atoms with Crippen LogP contribution in [0.4, 0.5) is 0 Å². The van der Waals surface area contributed by atoms with Crippen molar-refractivity contribution in [2.75, 3.05) is 0 Å². The molecule has 58 valence electrons. The molecule has 1 aromatic rings. The second-order valence-corrected chi connectivity index (χ2v) is 2.52. The number of nitrogens with zero attached hydrogens (tertiary/aromatic N) is 1. The second kappa shape index (κ2) is 2.83. The number of aromatic carboxylic acids is 1. The Labute approximate surface area is 69.5 Å². The van der Waals surface area contributed by atoms with Gasteiger partial charge in [-0.15, -0.1) is 0 Å². The highest BCUT2D eigenvalue weighted by Crippen LogP contribution is 2.16. The minimum absolute atomic E-state index is 0.127. The lowest BCUT2D eigenvalue weighted by Gasteiger charge is -1.84. The molecule has 11 heavy (non-hydrogen) atoms. The van der Waals surface area contributed by atoms with Crippen LogP contribution in [0.25, 0.3) is 0 Å². The Balaban J connectivity index is 3.20. The minimum atomic E-state index is -1.18. The summed E-state index contributed by atoms with van der Waals surface area (Å²) in [6.07, 6.45) is 0.490. The molecule has 0 saturated carbocycles. The van der Waals surface area contributed by atoms with E-state index in [0.29, 0.717) is 6.29 Å². The topological polar surface area (TPSA) is 83.0 Å². The van der Waals surface area contributed by atoms with Gasteiger partial charge in [-0.05, 0) is 15.9 Å². The molecule has 0 aliphatic rings. The van der Waals surface area contributed by atoms with Crippen molar-refractivity contribution in [3.8, 4) is 0 Å². The molecule has 0 saturated heterocycles. The number of aromatic nitrogens is 2. The lowest BCUT2D eigenvalue weighted by Crippen LogP contribution is -1.97. The minimum Gasteiger partial charge on any atom is -0.476 e. The lowest BCUT2D eigenvalue weighted by molar-refractivity contribution is 0.0689. The first-order valence-corrected chi connectivity index (χ1v) is 3.38. The summed E-state index contributed by atoms with van der Waals surface area (Å²) in [5.41, 5.74) is -0.0606. The second-order valence-electron chi connectivity index (χ2n) is 1.72. The van der Waals surface area contributed by atoms with Crippen molar-refractivity contribution in [1.82, 2.24) is 10.2 Å². The lowest BCUT2D eigenvalue weighted by atomic mass is 10.4. The number of aromatic amines is 1. The van der Waals surface area contributed by atoms with Crippen molar-refractivity contribution in [3.63, 3.8) is 0 Å². The predicted octanol–water partition coefficient (Wildman–Crippen LogP) is 0.683. The number of rotatable bonds is 2. The van der Waals surface area contributed by atoms with Crippen molar-refractivity contribution in [1.29, 1.82) is 0 Å². The van der Waals surface area contributed by atoms with Crippen LogP contribution < -0.4 is 0 Å². The third kappa shape index (κ3) is 1.30. The standard InChI is InChI=1S/C5H3BrN2O3/c6-3-2(1-9)7-8-4(3)5(10)11/h1H,(H,7,8)(H,10,11). The number of carbonyl (C=O) groups is 2. The van der Waals surface area contributed by atoms with Gasteiger partial charge < -0.3 is 5.11 Å². The summed E-state index contributed by atoms with van der Waals surface area (Å²) in [7, 11) is 0. The highest BCUT2D eigenvalue weighted by molar-refractivity contribution is 9.10. The van der Waals surface area contributed by atoms with E-state index in [1.807, 2.05) is 0 Å². The van der Waals surface area contributed by atoms with Gasteiger partial charge in [0.05, 0.1) is 4.47 Å². The van der Waals surface area contributed by atoms with E-state index in [1.165, 1.54) is 0 Å². The zero-order chi connectivity index (χ0) is 8.43. The van der Waals surface area contributed by atoms with Crippen LogP contribution >= 0.6 is 15.9 Å². The predicted molar refractivity (Wildman–Crippen MR) is 38.6 cm³/mol. The summed E-state index contributed by atoms with van der Waals surface area (Å²) in [5.74, 6) is -1.18. The third-order valence-electron chi connectivity index (χ3n) is 1.05. The van der Waals surface area contributed by atoms with Gasteiger partial charge in [-0.25, -0.2) is 4.79 Å². The van der Waals surface area contributed by atoms with Gasteiger partial charge >= 0.3 is 5.97 Å². The molecule has 1 heterocycles. The third-order valence-corrected chi connectivity index (χ3v) is 1.86. The van der Waals surface area contributed by atoms with E-state index in [2.05, 4.69) is 26.1 Å². The number of aldehydes is 1. The van der Waals surface area contributed by atoms with Crippen molar-refractivity contribution < 1.29 is 14.7 Å². The molecule has 6 heteroatoms. The van der Waals surface area contributed by atoms with Gasteiger partial charge in [-0.2, -0.15) is 5.10 Å². The number of nitrogens with one attached hydrogen (secondary N) is 1. The maximum Gasteiger partial charge on any atom is 0.357 e. The summed E-state index contributed by atoms with van der Waals surface area (Å²) in [6.45, 7) is 0. The van der Waals surface area contributed by atoms with Crippen LogP contribution in [-0.4, -0.2) is 27.6 Å². The Hall–Kier alpha value is -1.17. The Kier molecular flexibility index (Phi) is 2.04. The van der Waals surface area contributed by atoms with Crippen molar-refractivity contribution in [2.24, 2.45) is 0 Å². The first-order chi connectivity index (χ1) is 5.16. The average molecular weight is 219 g/mol. The molecule has 2 N–H and O–H groups in total. The van der Waals surface area contributed by atoms with Gasteiger partial charge in [0.25, 0.3) is 0 Å². The summed E-state index contributed by atoms with van der Waals surface area (Å²) < 4.78 is 0.181. The van der Waals surface area contributed by atoms with Gasteiger partial charge in [-0.1, -0.05) is 0 Å². The molecule has 0 atom stereocenters. The highest BCUT2D eigenvalue weighted by atomic mass is 79.9. The average Bonchev–Trinajstić information content (AvgIpc) is 2.30. The van der Waals surface area contributed by atoms with Gasteiger partial charge in [0.1, 0.15) is 5.69 Å². The molecule has 1 aromatic heterocycles. The Morgan fingerprint density at radius 2 is 2.36 bits per heavy atom. The van der Waals surface area contributed by atoms with Crippen molar-refractivity contribution in [2.45, 2.75) is 0 Å². The van der Waals surface area contributed by atoms with Crippen LogP contribution in [0.15, 0.2) is 4.47 Å². The van der Waals surface area contributed by atoms with E-state index < -0.39 is 5.97 Å². The van der Waals surface area contributed by atoms with E-state index in [1.54, 1.807) is 0 Å². The monoisotopic (exact) mass is 218 g/mol. The molecule has 0 radical (unpaired) electrons. The largest absolute Gasteiger partial charge is 0.476 e. The Morgan fingerprint density at radius 1 is 1.73 bits per heavy atom. The Bertz CT molecular complexity index is 307. The number of hydrogen-bond acceptors (Lipinski definition) is 3. The zero-order valence-electron chi connectivity index (χ0n) is 5.17. The molecule has 0 aliphatic heterocycles. The van der Waals surface area contributed by atoms with Crippen LogP contribution in [0.1, 0.15) is 21.0 Å². The van der Waals surface area contributed by atoms with E-state index in [0.717, 1.165) is 0 Å². The fourth-order valence-corrected chi connectivity index (χ4v) is 1.00. The molecule has 0 aromatic carbocycles. The van der Waals surface area contributed by atoms with Gasteiger partial charge in [0.15, 0.2) is 12.0 Å². The molecule has 5 nitrogen and oxygen atoms in total. The molecule has 0 bridgehead atoms. The number of carbonyl (C=O) groups excluding carboxylic acids is 1. The molecular weight excluding hydrogens is 216 g/mol. The number of carboxylic acids is 1. The van der Waals surface area contributed by atoms with E-state index in [9.17, 15) is 9.59 Å². The summed E-state index contributed by atoms with van der Waals surface area (Å²) in [5, 5.41) is 14.1. The molecule has 0 unspecified atom stereocenters. The first-order valence-electron chi connectivity index (χ1n) is 2.59. The molecule has 0 amide bonds. The molecule has 0 aliphatic carbocycles. The maximum atomic E-state index is 10.3. The molecule has 1 rings (SSSR count). The Morgan fingerprint density at radius 3 is 2.64 bits per heavy atom. The maximum absolute atomic E-state index is 10.3. The molecule has 0 spiro atoms. The fraction of sp³-hybridized carbons (Fsp3) is 0. The van der Waals surface area contributed by atoms with Crippen LogP contribution in [-0.2, 0) is 0 Å². The zero-order valence-corrected chi connectivity index (χ0v) is 6.75. The summed E-state index contributed by atoms with van der Waals surface area (Å²) >= 11 is 2.91. The summed E-state index contributed by atoms with van der Waals surface area (Å²) in [4.78, 5) is 20.5. The van der Waals surface area contributed by atoms with Gasteiger partial charge in [-0.3, -0.25) is 9.89 Å². The van der Waals surface area contributed by atoms with Gasteiger partial charge in [0.2, 0.25) is 0 Å². The fourth-order valence-electron chi connectivity index (χ4n) is 0.562. The molecule has 0 fully saturated rings. The quantitative estimate of drug-likeness (QED) is 0.716. The number of H-pyrrole nitrogens is 1. The number of carboxylic acid groups (broad SMARTS) is 1. The van der Waals surface area contributed by atoms with E-state index in [-0.39, 0.29) is 15.9 Å². The van der Waals surface area contributed by atoms with Crippen molar-refractivity contribution >= 4 is 28.2 Å². The summed E-state index contributed by atoms with van der Waals surface area (Å²) in [6, 6.07) is 0. The SMILES string of the molecule is O=Cc1[nH]nc(C(=O)O)c1Br. The van der Waals surface area contributed by atoms with E-state index >= 15 is 0 Å². The number of hydrogen-bond donors (Lipinski definition) is 2. The molecular formula is C5H3BrN2O3. The van der Waals surface area contributed by atoms with Crippen LogP contribution in [0.3, 0.4) is 0 Å². The highest BCUT2D eigenvalue weighted by Gasteiger charge is 2.15. The van der Waals surface area contributed by atoms with Crippen LogP contribution in [0.2, 0.25) is 0 Å². The first kappa shape index (κ1) is 7.93.